The number of halogens is 1. The summed E-state index contributed by atoms with van der Waals surface area (Å²) in [6.07, 6.45) is 0. The van der Waals surface area contributed by atoms with Crippen LogP contribution in [0.25, 0.3) is 10.8 Å². The molecule has 1 amide bonds. The lowest BCUT2D eigenvalue weighted by Crippen LogP contribution is -2.37. The van der Waals surface area contributed by atoms with Gasteiger partial charge in [0.1, 0.15) is 6.54 Å². The number of hydrogen-bond donors (Lipinski definition) is 2. The Bertz CT molecular complexity index is 1060. The largest absolute Gasteiger partial charge is 0.348 e. The Labute approximate surface area is 148 Å². The van der Waals surface area contributed by atoms with Crippen molar-refractivity contribution in [3.05, 3.63) is 79.8 Å². The molecular formula is C18H16ClN3O3. The Balaban J connectivity index is 1.82. The van der Waals surface area contributed by atoms with E-state index in [9.17, 15) is 14.4 Å². The number of carbonyl (C=O) groups excluding carboxylic acids is 1. The summed E-state index contributed by atoms with van der Waals surface area (Å²) in [5, 5.41) is 6.38. The summed E-state index contributed by atoms with van der Waals surface area (Å²) in [6.45, 7) is 1.54. The van der Waals surface area contributed by atoms with Gasteiger partial charge in [0.2, 0.25) is 5.91 Å². The Hall–Kier alpha value is -2.86. The summed E-state index contributed by atoms with van der Waals surface area (Å²) in [5.74, 6) is -0.388. The molecule has 2 N–H and O–H groups in total. The minimum atomic E-state index is -0.416. The second kappa shape index (κ2) is 6.94. The van der Waals surface area contributed by atoms with Gasteiger partial charge in [0, 0.05) is 5.02 Å². The minimum absolute atomic E-state index is 0.274. The molecule has 0 spiro atoms. The Kier molecular flexibility index (Phi) is 4.72. The van der Waals surface area contributed by atoms with Gasteiger partial charge in [0.25, 0.3) is 11.1 Å². The molecule has 0 aliphatic heterocycles. The van der Waals surface area contributed by atoms with Crippen molar-refractivity contribution in [3.8, 4) is 0 Å². The molecule has 6 nitrogen and oxygen atoms in total. The summed E-state index contributed by atoms with van der Waals surface area (Å²) in [5.41, 5.74) is 0.0202. The quantitative estimate of drug-likeness (QED) is 0.751. The number of aromatic amines is 1. The van der Waals surface area contributed by atoms with Gasteiger partial charge in [-0.05, 0) is 36.8 Å². The smallest absolute Gasteiger partial charge is 0.273 e. The standard InChI is InChI=1S/C18H16ClN3O3/c1-11(12-5-4-6-13(19)9-12)20-16(23)10-22-18(25)15-8-3-2-7-14(15)17(24)21-22/h2-9,11H,10H2,1H3,(H,20,23)(H,21,24)/t11-/m1/s1. The first-order valence-corrected chi connectivity index (χ1v) is 8.10. The van der Waals surface area contributed by atoms with Crippen LogP contribution in [-0.2, 0) is 11.3 Å². The molecule has 7 heteroatoms. The number of aromatic nitrogens is 2. The minimum Gasteiger partial charge on any atom is -0.348 e. The SMILES string of the molecule is C[C@@H](NC(=O)Cn1[nH]c(=O)c2ccccc2c1=O)c1cccc(Cl)c1. The highest BCUT2D eigenvalue weighted by atomic mass is 35.5. The van der Waals surface area contributed by atoms with E-state index in [4.69, 9.17) is 11.6 Å². The fourth-order valence-electron chi connectivity index (χ4n) is 2.65. The van der Waals surface area contributed by atoms with E-state index in [1.807, 2.05) is 13.0 Å². The zero-order valence-corrected chi connectivity index (χ0v) is 14.2. The summed E-state index contributed by atoms with van der Waals surface area (Å²) in [7, 11) is 0. The van der Waals surface area contributed by atoms with Crippen molar-refractivity contribution >= 4 is 28.3 Å². The first-order valence-electron chi connectivity index (χ1n) is 7.72. The van der Waals surface area contributed by atoms with Gasteiger partial charge < -0.3 is 5.32 Å². The van der Waals surface area contributed by atoms with Crippen molar-refractivity contribution in [2.24, 2.45) is 0 Å². The third kappa shape index (κ3) is 3.64. The number of nitrogens with one attached hydrogen (secondary N) is 2. The summed E-state index contributed by atoms with van der Waals surface area (Å²) >= 11 is 5.95. The van der Waals surface area contributed by atoms with Gasteiger partial charge in [-0.15, -0.1) is 0 Å². The van der Waals surface area contributed by atoms with Crippen molar-refractivity contribution in [2.45, 2.75) is 19.5 Å². The van der Waals surface area contributed by atoms with Crippen LogP contribution in [-0.4, -0.2) is 15.7 Å². The number of carbonyl (C=O) groups is 1. The van der Waals surface area contributed by atoms with E-state index in [2.05, 4.69) is 10.4 Å². The highest BCUT2D eigenvalue weighted by molar-refractivity contribution is 6.30. The molecule has 0 bridgehead atoms. The summed E-state index contributed by atoms with van der Waals surface area (Å²) in [4.78, 5) is 36.7. The van der Waals surface area contributed by atoms with E-state index >= 15 is 0 Å². The molecular weight excluding hydrogens is 342 g/mol. The maximum absolute atomic E-state index is 12.4. The molecule has 1 atom stereocenters. The van der Waals surface area contributed by atoms with Crippen LogP contribution in [0, 0.1) is 0 Å². The number of H-pyrrole nitrogens is 1. The maximum Gasteiger partial charge on any atom is 0.273 e. The highest BCUT2D eigenvalue weighted by Gasteiger charge is 2.13. The predicted octanol–water partition coefficient (Wildman–Crippen LogP) is 2.22. The van der Waals surface area contributed by atoms with Crippen LogP contribution >= 0.6 is 11.6 Å². The van der Waals surface area contributed by atoms with Crippen molar-refractivity contribution < 1.29 is 4.79 Å². The maximum atomic E-state index is 12.4. The van der Waals surface area contributed by atoms with Crippen molar-refractivity contribution in [1.82, 2.24) is 15.1 Å². The normalized spacial score (nSPS) is 12.1. The lowest BCUT2D eigenvalue weighted by atomic mass is 10.1. The monoisotopic (exact) mass is 357 g/mol. The third-order valence-electron chi connectivity index (χ3n) is 3.91. The van der Waals surface area contributed by atoms with Gasteiger partial charge in [0.05, 0.1) is 16.8 Å². The third-order valence-corrected chi connectivity index (χ3v) is 4.15. The fraction of sp³-hybridized carbons (Fsp3) is 0.167. The van der Waals surface area contributed by atoms with Gasteiger partial charge >= 0.3 is 0 Å². The van der Waals surface area contributed by atoms with Gasteiger partial charge in [-0.25, -0.2) is 4.68 Å². The van der Waals surface area contributed by atoms with E-state index in [-0.39, 0.29) is 23.9 Å². The lowest BCUT2D eigenvalue weighted by molar-refractivity contribution is -0.122. The second-order valence-electron chi connectivity index (χ2n) is 5.72. The van der Waals surface area contributed by atoms with Crippen LogP contribution < -0.4 is 16.4 Å². The second-order valence-corrected chi connectivity index (χ2v) is 6.16. The fourth-order valence-corrected chi connectivity index (χ4v) is 2.85. The predicted molar refractivity (Wildman–Crippen MR) is 96.8 cm³/mol. The molecule has 0 fully saturated rings. The number of hydrogen-bond acceptors (Lipinski definition) is 3. The van der Waals surface area contributed by atoms with E-state index in [1.165, 1.54) is 0 Å². The average Bonchev–Trinajstić information content (AvgIpc) is 2.59. The molecule has 1 heterocycles. The Morgan fingerprint density at radius 3 is 2.60 bits per heavy atom. The van der Waals surface area contributed by atoms with Crippen LogP contribution in [0.2, 0.25) is 5.02 Å². The lowest BCUT2D eigenvalue weighted by Gasteiger charge is -2.15. The average molecular weight is 358 g/mol. The first-order chi connectivity index (χ1) is 12.0. The van der Waals surface area contributed by atoms with Crippen LogP contribution in [0.4, 0.5) is 0 Å². The molecule has 1 aromatic heterocycles. The number of rotatable bonds is 4. The van der Waals surface area contributed by atoms with Gasteiger partial charge in [-0.2, -0.15) is 0 Å². The van der Waals surface area contributed by atoms with Crippen LogP contribution in [0.1, 0.15) is 18.5 Å². The van der Waals surface area contributed by atoms with E-state index in [1.54, 1.807) is 42.5 Å². The van der Waals surface area contributed by atoms with Gasteiger partial charge in [0.15, 0.2) is 0 Å². The molecule has 25 heavy (non-hydrogen) atoms. The van der Waals surface area contributed by atoms with Crippen molar-refractivity contribution in [3.63, 3.8) is 0 Å². The summed E-state index contributed by atoms with van der Waals surface area (Å²) in [6, 6.07) is 13.4. The highest BCUT2D eigenvalue weighted by Crippen LogP contribution is 2.17. The van der Waals surface area contributed by atoms with Gasteiger partial charge in [-0.1, -0.05) is 35.9 Å². The van der Waals surface area contributed by atoms with Gasteiger partial charge in [-0.3, -0.25) is 19.5 Å². The molecule has 0 aliphatic rings. The number of amides is 1. The molecule has 128 valence electrons. The number of benzene rings is 2. The van der Waals surface area contributed by atoms with Crippen LogP contribution in [0.5, 0.6) is 0 Å². The number of nitrogens with zero attached hydrogens (tertiary/aromatic N) is 1. The Morgan fingerprint density at radius 1 is 1.16 bits per heavy atom. The summed E-state index contributed by atoms with van der Waals surface area (Å²) < 4.78 is 1.02. The molecule has 0 unspecified atom stereocenters. The Morgan fingerprint density at radius 2 is 1.88 bits per heavy atom. The van der Waals surface area contributed by atoms with E-state index < -0.39 is 11.1 Å². The molecule has 2 aromatic carbocycles. The van der Waals surface area contributed by atoms with Crippen LogP contribution in [0.15, 0.2) is 58.1 Å². The zero-order chi connectivity index (χ0) is 18.0. The number of fused-ring (bicyclic) bond motifs is 1. The van der Waals surface area contributed by atoms with Crippen molar-refractivity contribution in [2.75, 3.05) is 0 Å². The zero-order valence-electron chi connectivity index (χ0n) is 13.5. The van der Waals surface area contributed by atoms with E-state index in [0.717, 1.165) is 10.2 Å². The molecule has 0 saturated heterocycles. The molecule has 0 saturated carbocycles. The molecule has 3 aromatic rings. The molecule has 0 radical (unpaired) electrons. The topological polar surface area (TPSA) is 84.0 Å². The molecule has 3 rings (SSSR count). The van der Waals surface area contributed by atoms with Crippen molar-refractivity contribution in [1.29, 1.82) is 0 Å². The van der Waals surface area contributed by atoms with Crippen LogP contribution in [0.3, 0.4) is 0 Å². The molecule has 0 aliphatic carbocycles. The first kappa shape index (κ1) is 17.0. The van der Waals surface area contributed by atoms with E-state index in [0.29, 0.717) is 10.4 Å².